The molecule has 176 valence electrons. The zero-order valence-electron chi connectivity index (χ0n) is 19.3. The first kappa shape index (κ1) is 25.2. The third kappa shape index (κ3) is 9.41. The number of esters is 1. The molecule has 1 aromatic carbocycles. The molecule has 0 radical (unpaired) electrons. The summed E-state index contributed by atoms with van der Waals surface area (Å²) >= 11 is 0. The molecule has 0 unspecified atom stereocenters. The molecule has 8 nitrogen and oxygen atoms in total. The van der Waals surface area contributed by atoms with E-state index in [1.54, 1.807) is 20.8 Å². The van der Waals surface area contributed by atoms with Crippen LogP contribution in [-0.4, -0.2) is 53.4 Å². The van der Waals surface area contributed by atoms with Gasteiger partial charge in [0.25, 0.3) is 0 Å². The van der Waals surface area contributed by atoms with Gasteiger partial charge in [-0.2, -0.15) is 0 Å². The lowest BCUT2D eigenvalue weighted by molar-refractivity contribution is -0.148. The maximum Gasteiger partial charge on any atom is 0.430 e. The molecule has 1 N–H and O–H groups in total. The van der Waals surface area contributed by atoms with E-state index in [0.717, 1.165) is 34.3 Å². The molecular formula is C24H35N3O5. The lowest BCUT2D eigenvalue weighted by Gasteiger charge is -2.34. The molecule has 1 saturated carbocycles. The number of nitrogens with zero attached hydrogens (tertiary/aromatic N) is 2. The molecule has 0 saturated heterocycles. The van der Waals surface area contributed by atoms with Crippen molar-refractivity contribution in [2.75, 3.05) is 19.7 Å². The van der Waals surface area contributed by atoms with E-state index >= 15 is 0 Å². The van der Waals surface area contributed by atoms with Gasteiger partial charge in [-0.15, -0.1) is 6.58 Å². The van der Waals surface area contributed by atoms with Gasteiger partial charge in [-0.1, -0.05) is 49.2 Å². The standard InChI is InChI=1S/C24H35N3O5/c1-5-15-26(22(29)25-17-20-10-7-6-8-11-20)27(23(30)32-24(2,3)4)18-21(28)31-16-9-12-19-13-14-19/h5-8,10-11,19H,1,9,12-18H2,2-4H3,(H,25,29). The van der Waals surface area contributed by atoms with Crippen LogP contribution in [0.15, 0.2) is 43.0 Å². The molecule has 1 aliphatic rings. The summed E-state index contributed by atoms with van der Waals surface area (Å²) in [4.78, 5) is 38.2. The predicted octanol–water partition coefficient (Wildman–Crippen LogP) is 4.27. The molecule has 0 spiro atoms. The van der Waals surface area contributed by atoms with Crippen molar-refractivity contribution in [3.63, 3.8) is 0 Å². The summed E-state index contributed by atoms with van der Waals surface area (Å²) in [5.74, 6) is 0.153. The van der Waals surface area contributed by atoms with Crippen molar-refractivity contribution in [1.29, 1.82) is 0 Å². The number of hydrogen-bond acceptors (Lipinski definition) is 5. The van der Waals surface area contributed by atoms with Crippen LogP contribution >= 0.6 is 0 Å². The maximum atomic E-state index is 12.9. The fourth-order valence-electron chi connectivity index (χ4n) is 2.97. The van der Waals surface area contributed by atoms with Gasteiger partial charge in [0.05, 0.1) is 13.2 Å². The normalized spacial score (nSPS) is 13.1. The second kappa shape index (κ2) is 12.1. The second-order valence-corrected chi connectivity index (χ2v) is 8.86. The Morgan fingerprint density at radius 2 is 1.84 bits per heavy atom. The molecule has 32 heavy (non-hydrogen) atoms. The molecule has 0 aliphatic heterocycles. The first-order valence-corrected chi connectivity index (χ1v) is 11.1. The Hall–Kier alpha value is -3.03. The van der Waals surface area contributed by atoms with Crippen molar-refractivity contribution in [3.8, 4) is 0 Å². The van der Waals surface area contributed by atoms with Gasteiger partial charge < -0.3 is 14.8 Å². The van der Waals surface area contributed by atoms with Crippen molar-refractivity contribution >= 4 is 18.1 Å². The highest BCUT2D eigenvalue weighted by molar-refractivity contribution is 5.82. The minimum Gasteiger partial charge on any atom is -0.464 e. The van der Waals surface area contributed by atoms with Crippen molar-refractivity contribution in [2.24, 2.45) is 5.92 Å². The fraction of sp³-hybridized carbons (Fsp3) is 0.542. The van der Waals surface area contributed by atoms with Gasteiger partial charge >= 0.3 is 18.1 Å². The predicted molar refractivity (Wildman–Crippen MR) is 121 cm³/mol. The molecule has 1 fully saturated rings. The average Bonchev–Trinajstić information content (AvgIpc) is 3.56. The van der Waals surface area contributed by atoms with E-state index in [1.807, 2.05) is 30.3 Å². The number of amides is 3. The highest BCUT2D eigenvalue weighted by atomic mass is 16.6. The number of urea groups is 1. The van der Waals surface area contributed by atoms with Crippen molar-refractivity contribution in [1.82, 2.24) is 15.3 Å². The summed E-state index contributed by atoms with van der Waals surface area (Å²) in [6, 6.07) is 8.83. The summed E-state index contributed by atoms with van der Waals surface area (Å²) in [7, 11) is 0. The molecule has 2 rings (SSSR count). The van der Waals surface area contributed by atoms with Crippen LogP contribution < -0.4 is 5.32 Å². The number of rotatable bonds is 10. The van der Waals surface area contributed by atoms with Gasteiger partial charge in [-0.25, -0.2) is 19.6 Å². The molecule has 3 amide bonds. The average molecular weight is 446 g/mol. The Morgan fingerprint density at radius 3 is 2.44 bits per heavy atom. The van der Waals surface area contributed by atoms with Crippen molar-refractivity contribution in [3.05, 3.63) is 48.6 Å². The molecule has 0 atom stereocenters. The fourth-order valence-corrected chi connectivity index (χ4v) is 2.97. The minimum absolute atomic E-state index is 0.00876. The highest BCUT2D eigenvalue weighted by Crippen LogP contribution is 2.33. The zero-order chi connectivity index (χ0) is 23.6. The highest BCUT2D eigenvalue weighted by Gasteiger charge is 2.32. The van der Waals surface area contributed by atoms with Crippen LogP contribution in [0.4, 0.5) is 9.59 Å². The molecule has 0 aromatic heterocycles. The van der Waals surface area contributed by atoms with Crippen LogP contribution in [0.25, 0.3) is 0 Å². The van der Waals surface area contributed by atoms with E-state index in [2.05, 4.69) is 11.9 Å². The summed E-state index contributed by atoms with van der Waals surface area (Å²) in [6.45, 7) is 8.93. The van der Waals surface area contributed by atoms with Gasteiger partial charge in [0, 0.05) is 6.54 Å². The lowest BCUT2D eigenvalue weighted by Crippen LogP contribution is -2.56. The summed E-state index contributed by atoms with van der Waals surface area (Å²) in [5.41, 5.74) is 0.0995. The number of ether oxygens (including phenoxy) is 2. The molecule has 0 heterocycles. The van der Waals surface area contributed by atoms with E-state index in [-0.39, 0.29) is 13.1 Å². The SMILES string of the molecule is C=CCN(C(=O)NCc1ccccc1)N(CC(=O)OCCCC1CC1)C(=O)OC(C)(C)C. The van der Waals surface area contributed by atoms with Gasteiger partial charge in [-0.05, 0) is 45.1 Å². The molecule has 1 aromatic rings. The summed E-state index contributed by atoms with van der Waals surface area (Å²) in [6.07, 6.45) is 4.97. The first-order valence-electron chi connectivity index (χ1n) is 11.1. The number of benzene rings is 1. The van der Waals surface area contributed by atoms with E-state index in [4.69, 9.17) is 9.47 Å². The van der Waals surface area contributed by atoms with Crippen LogP contribution in [0.3, 0.4) is 0 Å². The van der Waals surface area contributed by atoms with Crippen LogP contribution in [0, 0.1) is 5.92 Å². The van der Waals surface area contributed by atoms with Crippen LogP contribution in [0.1, 0.15) is 52.0 Å². The quantitative estimate of drug-likeness (QED) is 0.251. The molecule has 8 heteroatoms. The number of hydrogen-bond donors (Lipinski definition) is 1. The van der Waals surface area contributed by atoms with Crippen LogP contribution in [0.5, 0.6) is 0 Å². The Bertz CT molecular complexity index is 772. The lowest BCUT2D eigenvalue weighted by atomic mass is 10.2. The van der Waals surface area contributed by atoms with Crippen molar-refractivity contribution < 1.29 is 23.9 Å². The second-order valence-electron chi connectivity index (χ2n) is 8.86. The Labute approximate surface area is 190 Å². The largest absolute Gasteiger partial charge is 0.464 e. The topological polar surface area (TPSA) is 88.2 Å². The molecule has 1 aliphatic carbocycles. The van der Waals surface area contributed by atoms with Crippen molar-refractivity contribution in [2.45, 2.75) is 58.6 Å². The molecule has 0 bridgehead atoms. The third-order valence-corrected chi connectivity index (χ3v) is 4.71. The first-order chi connectivity index (χ1) is 15.2. The number of carbonyl (C=O) groups excluding carboxylic acids is 3. The number of hydrazine groups is 1. The number of nitrogens with one attached hydrogen (secondary N) is 1. The number of carbonyl (C=O) groups is 3. The Balaban J connectivity index is 2.05. The van der Waals surface area contributed by atoms with Gasteiger partial charge in [0.1, 0.15) is 12.1 Å². The van der Waals surface area contributed by atoms with E-state index in [0.29, 0.717) is 6.61 Å². The minimum atomic E-state index is -0.816. The maximum absolute atomic E-state index is 12.9. The summed E-state index contributed by atoms with van der Waals surface area (Å²) in [5, 5.41) is 4.84. The Kier molecular flexibility index (Phi) is 9.56. The van der Waals surface area contributed by atoms with E-state index in [9.17, 15) is 14.4 Å². The van der Waals surface area contributed by atoms with Crippen LogP contribution in [-0.2, 0) is 20.8 Å². The summed E-state index contributed by atoms with van der Waals surface area (Å²) < 4.78 is 10.7. The van der Waals surface area contributed by atoms with Gasteiger partial charge in [0.2, 0.25) is 0 Å². The Morgan fingerprint density at radius 1 is 1.16 bits per heavy atom. The third-order valence-electron chi connectivity index (χ3n) is 4.71. The monoisotopic (exact) mass is 445 g/mol. The van der Waals surface area contributed by atoms with Gasteiger partial charge in [0.15, 0.2) is 0 Å². The van der Waals surface area contributed by atoms with Gasteiger partial charge in [-0.3, -0.25) is 4.79 Å². The van der Waals surface area contributed by atoms with E-state index in [1.165, 1.54) is 18.9 Å². The molecular weight excluding hydrogens is 410 g/mol. The van der Waals surface area contributed by atoms with E-state index < -0.39 is 30.2 Å². The smallest absolute Gasteiger partial charge is 0.430 e. The van der Waals surface area contributed by atoms with Crippen LogP contribution in [0.2, 0.25) is 0 Å². The zero-order valence-corrected chi connectivity index (χ0v) is 19.3.